The molecule has 0 saturated heterocycles. The summed E-state index contributed by atoms with van der Waals surface area (Å²) in [5.74, 6) is -1.82. The molecule has 0 aliphatic carbocycles. The summed E-state index contributed by atoms with van der Waals surface area (Å²) in [4.78, 5) is 20.4. The quantitative estimate of drug-likeness (QED) is 0.0292. The van der Waals surface area contributed by atoms with E-state index in [4.69, 9.17) is 0 Å². The normalized spacial score (nSPS) is 10.7. The zero-order chi connectivity index (χ0) is 42.8. The molecule has 342 valence electrons. The van der Waals surface area contributed by atoms with E-state index in [0.29, 0.717) is 6.42 Å². The summed E-state index contributed by atoms with van der Waals surface area (Å²) in [6.45, 7) is 6.77. The first-order valence-corrected chi connectivity index (χ1v) is 25.6. The number of hydrogen-bond donors (Lipinski definition) is 0. The van der Waals surface area contributed by atoms with Gasteiger partial charge in [-0.25, -0.2) is 8.42 Å². The molecule has 0 heterocycles. The van der Waals surface area contributed by atoms with E-state index in [2.05, 4.69) is 37.1 Å². The van der Waals surface area contributed by atoms with E-state index >= 15 is 0 Å². The van der Waals surface area contributed by atoms with Crippen LogP contribution < -0.4 is 98.9 Å². The minimum Gasteiger partial charge on any atom is -0.726 e. The maximum atomic E-state index is 10.2. The smallest absolute Gasteiger partial charge is 0.726 e. The molecule has 0 aromatic heterocycles. The van der Waals surface area contributed by atoms with Crippen molar-refractivity contribution in [2.45, 2.75) is 278 Å². The van der Waals surface area contributed by atoms with Gasteiger partial charge in [0.05, 0.1) is 6.61 Å². The van der Waals surface area contributed by atoms with Crippen molar-refractivity contribution in [1.29, 1.82) is 0 Å². The van der Waals surface area contributed by atoms with Crippen molar-refractivity contribution in [3.05, 3.63) is 12.2 Å². The summed E-state index contributed by atoms with van der Waals surface area (Å²) < 4.78 is 34.5. The second-order valence-electron chi connectivity index (χ2n) is 16.2. The van der Waals surface area contributed by atoms with Crippen LogP contribution in [0.25, 0.3) is 0 Å². The molecule has 12 heteroatoms. The van der Waals surface area contributed by atoms with E-state index in [1.165, 1.54) is 193 Å². The summed E-state index contributed by atoms with van der Waals surface area (Å²) in [6.07, 6.45) is 52.5. The van der Waals surface area contributed by atoms with Gasteiger partial charge >= 0.3 is 88.7 Å². The number of carboxylic acids is 2. The Hall–Kier alpha value is 1.55. The Morgan fingerprint density at radius 3 is 0.833 bits per heavy atom. The van der Waals surface area contributed by atoms with Crippen LogP contribution >= 0.6 is 0 Å². The van der Waals surface area contributed by atoms with Crippen LogP contribution in [0.4, 0.5) is 0 Å². The summed E-state index contributed by atoms with van der Waals surface area (Å²) in [5.41, 5.74) is 0. The molecule has 0 aromatic rings. The molecule has 0 bridgehead atoms. The molecule has 0 rings (SSSR count). The molecule has 0 radical (unpaired) electrons. The van der Waals surface area contributed by atoms with Gasteiger partial charge in [0.2, 0.25) is 10.4 Å². The molecule has 0 aliphatic rings. The Morgan fingerprint density at radius 1 is 0.383 bits per heavy atom. The monoisotopic (exact) mass is 899 g/mol. The molecule has 0 saturated carbocycles. The Labute approximate surface area is 439 Å². The molecule has 0 amide bonds. The standard InChI is InChI=1S/C18H36O2.C18H34O2.C12H26O4S.3Na/c2*1-2-3-4-5-6-7-8-9-10-11-12-13-14-15-16-17-18(19)20;1-2-3-4-5-6-7-8-9-10-11-12-16-17(13,14)15;;;/h2-17H2,1H3,(H,19,20);9-10H,2-8,11-17H2,1H3,(H,19,20);2-12H2,1H3,(H,13,14,15);;;/q;;;3*+1/p-3/b;10-9-;;;;. The van der Waals surface area contributed by atoms with Gasteiger partial charge in [0.1, 0.15) is 0 Å². The van der Waals surface area contributed by atoms with E-state index in [9.17, 15) is 32.8 Å². The van der Waals surface area contributed by atoms with E-state index in [1.807, 2.05) is 0 Å². The van der Waals surface area contributed by atoms with Gasteiger partial charge in [-0.2, -0.15) is 0 Å². The molecule has 0 fully saturated rings. The van der Waals surface area contributed by atoms with E-state index in [1.54, 1.807) is 0 Å². The van der Waals surface area contributed by atoms with Crippen molar-refractivity contribution in [2.24, 2.45) is 0 Å². The van der Waals surface area contributed by atoms with Crippen LogP contribution in [0.1, 0.15) is 278 Å². The zero-order valence-electron chi connectivity index (χ0n) is 40.8. The van der Waals surface area contributed by atoms with Gasteiger partial charge in [-0.15, -0.1) is 0 Å². The number of allylic oxidation sites excluding steroid dienone is 2. The van der Waals surface area contributed by atoms with Gasteiger partial charge in [0.15, 0.2) is 0 Å². The maximum absolute atomic E-state index is 10.2. The molecule has 0 spiro atoms. The van der Waals surface area contributed by atoms with Crippen LogP contribution in [0.5, 0.6) is 0 Å². The van der Waals surface area contributed by atoms with Crippen molar-refractivity contribution < 1.29 is 126 Å². The van der Waals surface area contributed by atoms with Gasteiger partial charge in [0, 0.05) is 11.9 Å². The van der Waals surface area contributed by atoms with E-state index in [-0.39, 0.29) is 108 Å². The average molecular weight is 899 g/mol. The minimum absolute atomic E-state index is 0. The van der Waals surface area contributed by atoms with E-state index < -0.39 is 22.3 Å². The number of aliphatic carboxylic acids is 2. The topological polar surface area (TPSA) is 147 Å². The van der Waals surface area contributed by atoms with Crippen LogP contribution in [0.15, 0.2) is 12.2 Å². The SMILES string of the molecule is CCCCCCCC/C=C\CCCCCCCC(=O)[O-].CCCCCCCCCCCCCCCCCC(=O)[O-].CCCCCCCCCCCCOS(=O)(=O)[O-].[Na+].[Na+].[Na+]. The van der Waals surface area contributed by atoms with Crippen molar-refractivity contribution in [2.75, 3.05) is 6.61 Å². The molecule has 0 atom stereocenters. The summed E-state index contributed by atoms with van der Waals surface area (Å²) in [5, 5.41) is 20.4. The fourth-order valence-electron chi connectivity index (χ4n) is 6.73. The van der Waals surface area contributed by atoms with Crippen LogP contribution in [-0.2, 0) is 24.2 Å². The third kappa shape index (κ3) is 83.1. The van der Waals surface area contributed by atoms with Gasteiger partial charge in [-0.3, -0.25) is 4.18 Å². The number of carbonyl (C=O) groups excluding carboxylic acids is 2. The summed E-state index contributed by atoms with van der Waals surface area (Å²) in [7, 11) is -4.48. The van der Waals surface area contributed by atoms with Crippen LogP contribution in [-0.4, -0.2) is 31.5 Å². The summed E-state index contributed by atoms with van der Waals surface area (Å²) >= 11 is 0. The van der Waals surface area contributed by atoms with Crippen LogP contribution in [0.2, 0.25) is 0 Å². The largest absolute Gasteiger partial charge is 1.00 e. The number of carbonyl (C=O) groups is 2. The Kier molecular flexibility index (Phi) is 79.0. The van der Waals surface area contributed by atoms with Crippen molar-refractivity contribution in [3.8, 4) is 0 Å². The predicted octanol–water partition coefficient (Wildman–Crippen LogP) is 4.17. The molecular weight excluding hydrogens is 806 g/mol. The minimum atomic E-state index is -4.48. The van der Waals surface area contributed by atoms with Gasteiger partial charge in [-0.05, 0) is 57.8 Å². The number of unbranched alkanes of at least 4 members (excludes halogenated alkanes) is 34. The Balaban J connectivity index is -0.000000178. The maximum Gasteiger partial charge on any atom is 1.00 e. The van der Waals surface area contributed by atoms with Gasteiger partial charge in [-0.1, -0.05) is 232 Å². The predicted molar refractivity (Wildman–Crippen MR) is 237 cm³/mol. The number of rotatable bonds is 43. The molecule has 0 unspecified atom stereocenters. The fraction of sp³-hybridized carbons (Fsp3) is 0.917. The van der Waals surface area contributed by atoms with Crippen molar-refractivity contribution in [1.82, 2.24) is 0 Å². The first kappa shape index (κ1) is 73.1. The average Bonchev–Trinajstić information content (AvgIpc) is 3.17. The number of carboxylic acid groups (broad SMARTS) is 2. The summed E-state index contributed by atoms with van der Waals surface area (Å²) in [6, 6.07) is 0. The Morgan fingerprint density at radius 2 is 0.600 bits per heavy atom. The molecule has 60 heavy (non-hydrogen) atoms. The zero-order valence-corrected chi connectivity index (χ0v) is 47.6. The van der Waals surface area contributed by atoms with Crippen molar-refractivity contribution in [3.63, 3.8) is 0 Å². The van der Waals surface area contributed by atoms with Crippen LogP contribution in [0, 0.1) is 0 Å². The second kappa shape index (κ2) is 64.8. The fourth-order valence-corrected chi connectivity index (χ4v) is 7.05. The van der Waals surface area contributed by atoms with E-state index in [0.717, 1.165) is 44.9 Å². The van der Waals surface area contributed by atoms with Crippen molar-refractivity contribution >= 4 is 22.3 Å². The molecular formula is C48H93Na3O8S. The first-order chi connectivity index (χ1) is 27.6. The Bertz CT molecular complexity index is 939. The van der Waals surface area contributed by atoms with Crippen LogP contribution in [0.3, 0.4) is 0 Å². The third-order valence-electron chi connectivity index (χ3n) is 10.4. The second-order valence-corrected chi connectivity index (χ2v) is 17.2. The molecule has 0 N–H and O–H groups in total. The molecule has 8 nitrogen and oxygen atoms in total. The van der Waals surface area contributed by atoms with Gasteiger partial charge in [0.25, 0.3) is 0 Å². The molecule has 0 aromatic carbocycles. The molecule has 0 aliphatic heterocycles. The van der Waals surface area contributed by atoms with Gasteiger partial charge < -0.3 is 24.4 Å². The third-order valence-corrected chi connectivity index (χ3v) is 10.8. The first-order valence-electron chi connectivity index (χ1n) is 24.3. The number of hydrogen-bond acceptors (Lipinski definition) is 8.